The highest BCUT2D eigenvalue weighted by atomic mass is 16.8. The third kappa shape index (κ3) is 31.5. The fraction of sp³-hybridized carbons (Fsp3) is 0.926. The van der Waals surface area contributed by atoms with Gasteiger partial charge in [0, 0.05) is 19.8 Å². The molecule has 3 aliphatic heterocycles. The number of aliphatic hydroxyl groups excluding tert-OH is 11. The summed E-state index contributed by atoms with van der Waals surface area (Å²) in [5.41, 5.74) is 0. The Hall–Kier alpha value is -2.53. The average molecular weight is 1310 g/mol. The number of hydrogen-bond acceptors (Lipinski definition) is 20. The standard InChI is InChI=1S/C68H126N2O21/c1-4-6-8-10-12-14-15-16-17-18-19-20-21-22-23-24-25-26-27-28-29-30-31-32-34-36-38-40-42-55(78)70-49(50(75)41-39-37-35-33-13-11-9-7-5-2)47-86-65-60(82)59(81)62(54(46-73)88-65)89-66-61(83)64(58(80)53(45-72)87-66)91-68(67(84)85)43-51(76)56(69-48(3)74)63(90-68)57(79)52(77)44-71/h22-23,49-54,56-66,71-73,75-77,79-83H,4-21,24-47H2,1-3H3,(H,69,74)(H,70,78)(H,84,85)/b23-22-. The molecule has 18 unspecified atom stereocenters. The van der Waals surface area contributed by atoms with E-state index in [9.17, 15) is 75.7 Å². The minimum absolute atomic E-state index is 0.224. The SMILES string of the molecule is CCCCCCCCCCCCCC/C=C\CCCCCCCCCCCCCCC(=O)NC(COC1OC(CO)C(OC2OC(CO)C(O)C(OC3(C(=O)O)CC(O)C(NC(C)=O)C(C(O)C(O)CO)O3)C2O)C(O)C1O)C(O)CCCCCCCCCCC. The molecule has 18 atom stereocenters. The summed E-state index contributed by atoms with van der Waals surface area (Å²) in [6.45, 7) is 2.17. The summed E-state index contributed by atoms with van der Waals surface area (Å²) in [7, 11) is 0. The Morgan fingerprint density at radius 3 is 1.48 bits per heavy atom. The van der Waals surface area contributed by atoms with Crippen molar-refractivity contribution in [3.8, 4) is 0 Å². The zero-order valence-electron chi connectivity index (χ0n) is 55.7. The predicted molar refractivity (Wildman–Crippen MR) is 343 cm³/mol. The van der Waals surface area contributed by atoms with Crippen LogP contribution < -0.4 is 10.6 Å². The average Bonchev–Trinajstić information content (AvgIpc) is 0.789. The van der Waals surface area contributed by atoms with Gasteiger partial charge in [-0.25, -0.2) is 4.79 Å². The molecule has 0 saturated carbocycles. The van der Waals surface area contributed by atoms with Gasteiger partial charge in [-0.05, 0) is 38.5 Å². The van der Waals surface area contributed by atoms with Gasteiger partial charge >= 0.3 is 5.97 Å². The monoisotopic (exact) mass is 1310 g/mol. The zero-order chi connectivity index (χ0) is 66.8. The van der Waals surface area contributed by atoms with Crippen LogP contribution in [0.15, 0.2) is 12.2 Å². The van der Waals surface area contributed by atoms with E-state index in [1.54, 1.807) is 0 Å². The Morgan fingerprint density at radius 1 is 0.560 bits per heavy atom. The number of ether oxygens (including phenoxy) is 6. The van der Waals surface area contributed by atoms with Crippen LogP contribution in [0, 0.1) is 0 Å². The van der Waals surface area contributed by atoms with Crippen molar-refractivity contribution >= 4 is 17.8 Å². The van der Waals surface area contributed by atoms with Gasteiger partial charge in [-0.15, -0.1) is 0 Å². The molecule has 0 spiro atoms. The minimum atomic E-state index is -3.08. The van der Waals surface area contributed by atoms with Crippen LogP contribution >= 0.6 is 0 Å². The van der Waals surface area contributed by atoms with Gasteiger partial charge in [-0.3, -0.25) is 9.59 Å². The molecular weight excluding hydrogens is 1180 g/mol. The zero-order valence-corrected chi connectivity index (χ0v) is 55.7. The predicted octanol–water partition coefficient (Wildman–Crippen LogP) is 6.68. The number of hydrogen-bond donors (Lipinski definition) is 14. The molecular formula is C68H126N2O21. The summed E-state index contributed by atoms with van der Waals surface area (Å²) in [5, 5.41) is 136. The number of carbonyl (C=O) groups excluding carboxylic acids is 2. The van der Waals surface area contributed by atoms with Gasteiger partial charge in [0.15, 0.2) is 12.6 Å². The number of allylic oxidation sites excluding steroid dienone is 2. The number of aliphatic hydroxyl groups is 11. The van der Waals surface area contributed by atoms with Crippen molar-refractivity contribution in [2.24, 2.45) is 0 Å². The largest absolute Gasteiger partial charge is 0.477 e. The van der Waals surface area contributed by atoms with Crippen LogP contribution in [0.25, 0.3) is 0 Å². The molecule has 23 heteroatoms. The maximum Gasteiger partial charge on any atom is 0.364 e. The molecule has 2 amide bonds. The molecule has 534 valence electrons. The van der Waals surface area contributed by atoms with E-state index in [0.717, 1.165) is 58.3 Å². The van der Waals surface area contributed by atoms with Crippen LogP contribution in [0.1, 0.15) is 265 Å². The second-order valence-corrected chi connectivity index (χ2v) is 26.1. The Balaban J connectivity index is 1.49. The molecule has 0 aromatic rings. The molecule has 3 rings (SSSR count). The van der Waals surface area contributed by atoms with E-state index in [4.69, 9.17) is 28.4 Å². The molecule has 0 aliphatic carbocycles. The summed E-state index contributed by atoms with van der Waals surface area (Å²) < 4.78 is 34.8. The highest BCUT2D eigenvalue weighted by Gasteiger charge is 2.60. The third-order valence-corrected chi connectivity index (χ3v) is 18.2. The van der Waals surface area contributed by atoms with Crippen molar-refractivity contribution < 1.29 is 104 Å². The highest BCUT2D eigenvalue weighted by Crippen LogP contribution is 2.39. The quantitative estimate of drug-likeness (QED) is 0.0223. The van der Waals surface area contributed by atoms with Gasteiger partial charge in [-0.1, -0.05) is 219 Å². The summed E-state index contributed by atoms with van der Waals surface area (Å²) in [6, 6.07) is -2.53. The van der Waals surface area contributed by atoms with Gasteiger partial charge in [-0.2, -0.15) is 0 Å². The topological polar surface area (TPSA) is 373 Å². The molecule has 3 aliphatic rings. The molecule has 3 heterocycles. The first kappa shape index (κ1) is 82.7. The van der Waals surface area contributed by atoms with Crippen molar-refractivity contribution in [3.05, 3.63) is 12.2 Å². The first-order chi connectivity index (χ1) is 43.9. The van der Waals surface area contributed by atoms with Crippen molar-refractivity contribution in [1.82, 2.24) is 10.6 Å². The molecule has 0 aromatic heterocycles. The Bertz CT molecular complexity index is 1890. The Kier molecular flexibility index (Phi) is 44.6. The smallest absolute Gasteiger partial charge is 0.364 e. The Labute approximate surface area is 543 Å². The summed E-state index contributed by atoms with van der Waals surface area (Å²) in [6.07, 6.45) is 18.3. The minimum Gasteiger partial charge on any atom is -0.477 e. The highest BCUT2D eigenvalue weighted by molar-refractivity contribution is 5.77. The molecule has 3 saturated heterocycles. The lowest BCUT2D eigenvalue weighted by molar-refractivity contribution is -0.386. The normalized spacial score (nSPS) is 28.4. The van der Waals surface area contributed by atoms with E-state index in [-0.39, 0.29) is 18.9 Å². The van der Waals surface area contributed by atoms with Crippen molar-refractivity contribution in [3.63, 3.8) is 0 Å². The van der Waals surface area contributed by atoms with Crippen LogP contribution in [-0.4, -0.2) is 215 Å². The van der Waals surface area contributed by atoms with E-state index in [1.165, 1.54) is 161 Å². The van der Waals surface area contributed by atoms with E-state index in [2.05, 4.69) is 36.6 Å². The van der Waals surface area contributed by atoms with Crippen molar-refractivity contribution in [1.29, 1.82) is 0 Å². The van der Waals surface area contributed by atoms with Gasteiger partial charge in [0.05, 0.1) is 50.7 Å². The summed E-state index contributed by atoms with van der Waals surface area (Å²) >= 11 is 0. The first-order valence-corrected chi connectivity index (χ1v) is 35.5. The molecule has 23 nitrogen and oxygen atoms in total. The van der Waals surface area contributed by atoms with Crippen LogP contribution in [0.2, 0.25) is 0 Å². The van der Waals surface area contributed by atoms with Gasteiger partial charge in [0.2, 0.25) is 11.8 Å². The van der Waals surface area contributed by atoms with Crippen LogP contribution in [0.3, 0.4) is 0 Å². The van der Waals surface area contributed by atoms with Crippen LogP contribution in [0.4, 0.5) is 0 Å². The Morgan fingerprint density at radius 2 is 1.02 bits per heavy atom. The number of unbranched alkanes of at least 4 members (excludes halogenated alkanes) is 32. The van der Waals surface area contributed by atoms with Gasteiger partial charge < -0.3 is 100 Å². The number of amides is 2. The molecule has 91 heavy (non-hydrogen) atoms. The molecule has 14 N–H and O–H groups in total. The number of rotatable bonds is 54. The van der Waals surface area contributed by atoms with Crippen molar-refractivity contribution in [2.45, 2.75) is 375 Å². The lowest BCUT2D eigenvalue weighted by Crippen LogP contribution is -2.70. The number of carbonyl (C=O) groups is 3. The first-order valence-electron chi connectivity index (χ1n) is 35.5. The molecule has 0 radical (unpaired) electrons. The number of carboxylic acids is 1. The number of nitrogens with one attached hydrogen (secondary N) is 2. The van der Waals surface area contributed by atoms with E-state index in [1.807, 2.05) is 0 Å². The van der Waals surface area contributed by atoms with Crippen LogP contribution in [0.5, 0.6) is 0 Å². The van der Waals surface area contributed by atoms with Gasteiger partial charge in [0.1, 0.15) is 67.1 Å². The summed E-state index contributed by atoms with van der Waals surface area (Å²) in [5.74, 6) is -6.10. The van der Waals surface area contributed by atoms with Crippen molar-refractivity contribution in [2.75, 3.05) is 26.4 Å². The van der Waals surface area contributed by atoms with E-state index in [0.29, 0.717) is 19.3 Å². The molecule has 0 bridgehead atoms. The summed E-state index contributed by atoms with van der Waals surface area (Å²) in [4.78, 5) is 38.5. The third-order valence-electron chi connectivity index (χ3n) is 18.2. The van der Waals surface area contributed by atoms with Gasteiger partial charge in [0.25, 0.3) is 5.79 Å². The van der Waals surface area contributed by atoms with E-state index < -0.39 is 148 Å². The number of aliphatic carboxylic acids is 1. The lowest BCUT2D eigenvalue weighted by atomic mass is 9.88. The fourth-order valence-electron chi connectivity index (χ4n) is 12.5. The second kappa shape index (κ2) is 49.1. The maximum absolute atomic E-state index is 13.4. The van der Waals surface area contributed by atoms with Crippen LogP contribution in [-0.2, 0) is 42.8 Å². The van der Waals surface area contributed by atoms with E-state index >= 15 is 0 Å². The lowest BCUT2D eigenvalue weighted by Gasteiger charge is -2.50. The molecule has 3 fully saturated rings. The number of carboxylic acid groups (broad SMARTS) is 1. The second-order valence-electron chi connectivity index (χ2n) is 26.1. The molecule has 0 aromatic carbocycles. The fourth-order valence-corrected chi connectivity index (χ4v) is 12.5. The maximum atomic E-state index is 13.4.